The van der Waals surface area contributed by atoms with Gasteiger partial charge >= 0.3 is 0 Å². The molecule has 1 N–H and O–H groups in total. The highest BCUT2D eigenvalue weighted by Crippen LogP contribution is 2.14. The van der Waals surface area contributed by atoms with Crippen molar-refractivity contribution >= 4 is 5.84 Å². The molecule has 1 aliphatic rings. The van der Waals surface area contributed by atoms with Crippen molar-refractivity contribution < 1.29 is 8.78 Å². The predicted molar refractivity (Wildman–Crippen MR) is 30.9 cm³/mol. The maximum atomic E-state index is 12.2. The third-order valence-corrected chi connectivity index (χ3v) is 1.15. The van der Waals surface area contributed by atoms with Crippen LogP contribution in [0.25, 0.3) is 0 Å². The summed E-state index contributed by atoms with van der Waals surface area (Å²) < 4.78 is 24.4. The molecule has 0 saturated heterocycles. The van der Waals surface area contributed by atoms with Crippen LogP contribution in [0.3, 0.4) is 0 Å². The van der Waals surface area contributed by atoms with Gasteiger partial charge in [-0.05, 0) is 6.92 Å². The first-order valence-corrected chi connectivity index (χ1v) is 2.73. The highest BCUT2D eigenvalue weighted by atomic mass is 19.3. The highest BCUT2D eigenvalue weighted by molar-refractivity contribution is 5.80. The summed E-state index contributed by atoms with van der Waals surface area (Å²) in [4.78, 5) is 3.54. The minimum Gasteiger partial charge on any atom is -0.368 e. The van der Waals surface area contributed by atoms with Gasteiger partial charge in [-0.3, -0.25) is 4.99 Å². The average Bonchev–Trinajstić information content (AvgIpc) is 1.78. The summed E-state index contributed by atoms with van der Waals surface area (Å²) in [6.45, 7) is 1.03. The summed E-state index contributed by atoms with van der Waals surface area (Å²) in [5.41, 5.74) is 0. The van der Waals surface area contributed by atoms with E-state index < -0.39 is 5.92 Å². The van der Waals surface area contributed by atoms with E-state index in [0.29, 0.717) is 5.84 Å². The van der Waals surface area contributed by atoms with E-state index in [0.717, 1.165) is 0 Å². The van der Waals surface area contributed by atoms with Crippen LogP contribution in [-0.2, 0) is 0 Å². The van der Waals surface area contributed by atoms with Crippen LogP contribution in [0.5, 0.6) is 0 Å². The molecule has 4 heteroatoms. The Balaban J connectivity index is 2.56. The molecule has 1 heterocycles. The molecule has 9 heavy (non-hydrogen) atoms. The minimum atomic E-state index is -2.64. The van der Waals surface area contributed by atoms with Crippen molar-refractivity contribution in [2.45, 2.75) is 12.8 Å². The van der Waals surface area contributed by atoms with E-state index in [1.165, 1.54) is 0 Å². The number of aliphatic imine (C=N–C) groups is 1. The standard InChI is InChI=1S/C5H8F2N2/c1-4-8-2-5(6,7)3-9-4/h2-3H2,1H3,(H,8,9). The van der Waals surface area contributed by atoms with E-state index >= 15 is 0 Å². The first kappa shape index (κ1) is 6.45. The third-order valence-electron chi connectivity index (χ3n) is 1.15. The molecule has 0 spiro atoms. The van der Waals surface area contributed by atoms with Gasteiger partial charge in [-0.1, -0.05) is 0 Å². The van der Waals surface area contributed by atoms with Crippen molar-refractivity contribution in [3.63, 3.8) is 0 Å². The van der Waals surface area contributed by atoms with Gasteiger partial charge < -0.3 is 5.32 Å². The van der Waals surface area contributed by atoms with Crippen molar-refractivity contribution in [2.75, 3.05) is 13.1 Å². The van der Waals surface area contributed by atoms with E-state index in [1.807, 2.05) is 0 Å². The van der Waals surface area contributed by atoms with Crippen LogP contribution in [0.15, 0.2) is 4.99 Å². The van der Waals surface area contributed by atoms with Crippen molar-refractivity contribution in [1.82, 2.24) is 5.32 Å². The molecule has 0 amide bonds. The summed E-state index contributed by atoms with van der Waals surface area (Å²) in [6, 6.07) is 0. The van der Waals surface area contributed by atoms with E-state index in [-0.39, 0.29) is 13.1 Å². The van der Waals surface area contributed by atoms with Crippen LogP contribution in [0, 0.1) is 0 Å². The smallest absolute Gasteiger partial charge is 0.284 e. The predicted octanol–water partition coefficient (Wildman–Crippen LogP) is 0.643. The van der Waals surface area contributed by atoms with Gasteiger partial charge in [-0.25, -0.2) is 8.78 Å². The lowest BCUT2D eigenvalue weighted by Gasteiger charge is -2.20. The van der Waals surface area contributed by atoms with E-state index in [9.17, 15) is 8.78 Å². The number of hydrogen-bond donors (Lipinski definition) is 1. The van der Waals surface area contributed by atoms with Crippen LogP contribution >= 0.6 is 0 Å². The molecule has 0 aromatic carbocycles. The zero-order valence-electron chi connectivity index (χ0n) is 5.12. The zero-order chi connectivity index (χ0) is 6.91. The van der Waals surface area contributed by atoms with Crippen molar-refractivity contribution in [3.8, 4) is 0 Å². The van der Waals surface area contributed by atoms with Gasteiger partial charge in [0, 0.05) is 0 Å². The Morgan fingerprint density at radius 2 is 2.33 bits per heavy atom. The molecule has 0 fully saturated rings. The topological polar surface area (TPSA) is 24.4 Å². The van der Waals surface area contributed by atoms with Gasteiger partial charge in [-0.15, -0.1) is 0 Å². The summed E-state index contributed by atoms with van der Waals surface area (Å²) in [5.74, 6) is -2.04. The zero-order valence-corrected chi connectivity index (χ0v) is 5.12. The lowest BCUT2D eigenvalue weighted by Crippen LogP contribution is -2.42. The second kappa shape index (κ2) is 1.93. The van der Waals surface area contributed by atoms with Gasteiger partial charge in [-0.2, -0.15) is 0 Å². The molecule has 2 nitrogen and oxygen atoms in total. The Bertz CT molecular complexity index is 142. The van der Waals surface area contributed by atoms with Crippen molar-refractivity contribution in [3.05, 3.63) is 0 Å². The number of nitrogens with zero attached hydrogens (tertiary/aromatic N) is 1. The van der Waals surface area contributed by atoms with Crippen LogP contribution < -0.4 is 5.32 Å². The summed E-state index contributed by atoms with van der Waals surface area (Å²) >= 11 is 0. The number of halogens is 2. The molecule has 0 aromatic rings. The number of alkyl halides is 2. The SMILES string of the molecule is CC1=NCC(F)(F)CN1. The molecule has 0 bridgehead atoms. The summed E-state index contributed by atoms with van der Waals surface area (Å²) in [5, 5.41) is 2.47. The number of hydrogen-bond acceptors (Lipinski definition) is 2. The molecule has 1 rings (SSSR count). The number of amidine groups is 1. The Morgan fingerprint density at radius 1 is 1.67 bits per heavy atom. The van der Waals surface area contributed by atoms with Gasteiger partial charge in [0.2, 0.25) is 0 Å². The monoisotopic (exact) mass is 134 g/mol. The Hall–Kier alpha value is -0.670. The lowest BCUT2D eigenvalue weighted by molar-refractivity contribution is 0.0125. The van der Waals surface area contributed by atoms with E-state index in [2.05, 4.69) is 10.3 Å². The van der Waals surface area contributed by atoms with Gasteiger partial charge in [0.25, 0.3) is 5.92 Å². The Morgan fingerprint density at radius 3 is 2.67 bits per heavy atom. The number of nitrogens with one attached hydrogen (secondary N) is 1. The molecular formula is C5H8F2N2. The first-order valence-electron chi connectivity index (χ1n) is 2.73. The molecule has 0 radical (unpaired) electrons. The second-order valence-corrected chi connectivity index (χ2v) is 2.11. The molecule has 0 unspecified atom stereocenters. The molecule has 52 valence electrons. The highest BCUT2D eigenvalue weighted by Gasteiger charge is 2.30. The fraction of sp³-hybridized carbons (Fsp3) is 0.800. The summed E-state index contributed by atoms with van der Waals surface area (Å²) in [6.07, 6.45) is 0. The fourth-order valence-electron chi connectivity index (χ4n) is 0.603. The van der Waals surface area contributed by atoms with Crippen LogP contribution in [0.4, 0.5) is 8.78 Å². The molecular weight excluding hydrogens is 126 g/mol. The molecule has 0 atom stereocenters. The molecule has 1 aliphatic heterocycles. The van der Waals surface area contributed by atoms with Gasteiger partial charge in [0.15, 0.2) is 0 Å². The van der Waals surface area contributed by atoms with Crippen LogP contribution in [-0.4, -0.2) is 24.8 Å². The Labute approximate surface area is 52.0 Å². The largest absolute Gasteiger partial charge is 0.368 e. The second-order valence-electron chi connectivity index (χ2n) is 2.11. The fourth-order valence-corrected chi connectivity index (χ4v) is 0.603. The van der Waals surface area contributed by atoms with E-state index in [1.54, 1.807) is 6.92 Å². The normalized spacial score (nSPS) is 24.6. The van der Waals surface area contributed by atoms with Gasteiger partial charge in [0.1, 0.15) is 6.54 Å². The summed E-state index contributed by atoms with van der Waals surface area (Å²) in [7, 11) is 0. The van der Waals surface area contributed by atoms with Crippen molar-refractivity contribution in [2.24, 2.45) is 4.99 Å². The number of rotatable bonds is 0. The molecule has 0 saturated carbocycles. The first-order chi connectivity index (χ1) is 4.10. The quantitative estimate of drug-likeness (QED) is 0.516. The minimum absolute atomic E-state index is 0.275. The van der Waals surface area contributed by atoms with Crippen molar-refractivity contribution in [1.29, 1.82) is 0 Å². The average molecular weight is 134 g/mol. The lowest BCUT2D eigenvalue weighted by atomic mass is 10.3. The van der Waals surface area contributed by atoms with Crippen LogP contribution in [0.2, 0.25) is 0 Å². The van der Waals surface area contributed by atoms with E-state index in [4.69, 9.17) is 0 Å². The van der Waals surface area contributed by atoms with Crippen LogP contribution in [0.1, 0.15) is 6.92 Å². The molecule has 0 aliphatic carbocycles. The maximum Gasteiger partial charge on any atom is 0.284 e. The third kappa shape index (κ3) is 1.62. The maximum absolute atomic E-state index is 12.2. The molecule has 0 aromatic heterocycles. The Kier molecular flexibility index (Phi) is 1.38. The van der Waals surface area contributed by atoms with Gasteiger partial charge in [0.05, 0.1) is 12.4 Å².